The molecule has 0 amide bonds. The lowest BCUT2D eigenvalue weighted by Gasteiger charge is -2.58. The number of nitrogens with zero attached hydrogens (tertiary/aromatic N) is 4. The van der Waals surface area contributed by atoms with Gasteiger partial charge in [-0.2, -0.15) is 0 Å². The standard InChI is InChI=1S/C26H30ClN4O2.ClH/c1-4-17-14-31(15-19-12-25(27)30-16(2)29-19)10-8-18(17)11-24(31)26(32)21-7-9-28-23-6-5-20(33-3)13-22(21)23;/h4-7,9,12-13,17-18,24,26,32H,1,8,10-11,14-15H2,2-3H3;1H/q+1;/p-1/t17?,18?,24?,26-,31?;/m1./s1. The summed E-state index contributed by atoms with van der Waals surface area (Å²) < 4.78 is 6.22. The third kappa shape index (κ3) is 4.40. The van der Waals surface area contributed by atoms with Crippen LogP contribution < -0.4 is 17.1 Å². The van der Waals surface area contributed by atoms with Crippen molar-refractivity contribution < 1.29 is 26.7 Å². The number of rotatable bonds is 6. The number of benzene rings is 1. The molecule has 1 N–H and O–H groups in total. The van der Waals surface area contributed by atoms with Crippen molar-refractivity contribution in [1.82, 2.24) is 15.0 Å². The number of hydrogen-bond acceptors (Lipinski definition) is 5. The molecule has 34 heavy (non-hydrogen) atoms. The highest BCUT2D eigenvalue weighted by Gasteiger charge is 2.54. The number of piperidine rings is 3. The highest BCUT2D eigenvalue weighted by Crippen LogP contribution is 2.48. The molecule has 6 nitrogen and oxygen atoms in total. The topological polar surface area (TPSA) is 68.1 Å². The second-order valence-corrected chi connectivity index (χ2v) is 9.88. The minimum Gasteiger partial charge on any atom is -1.00 e. The maximum absolute atomic E-state index is 11.9. The van der Waals surface area contributed by atoms with E-state index in [4.69, 9.17) is 16.3 Å². The predicted molar refractivity (Wildman–Crippen MR) is 129 cm³/mol. The minimum absolute atomic E-state index is 0. The number of methoxy groups -OCH3 is 1. The van der Waals surface area contributed by atoms with Crippen LogP contribution in [0.3, 0.4) is 0 Å². The van der Waals surface area contributed by atoms with Crippen molar-refractivity contribution in [2.45, 2.75) is 38.5 Å². The van der Waals surface area contributed by atoms with Gasteiger partial charge < -0.3 is 26.7 Å². The van der Waals surface area contributed by atoms with Crippen LogP contribution in [0.5, 0.6) is 5.75 Å². The van der Waals surface area contributed by atoms with Gasteiger partial charge in [0.25, 0.3) is 0 Å². The van der Waals surface area contributed by atoms with Crippen molar-refractivity contribution >= 4 is 22.5 Å². The Morgan fingerprint density at radius 2 is 2.12 bits per heavy atom. The van der Waals surface area contributed by atoms with E-state index in [1.165, 1.54) is 0 Å². The van der Waals surface area contributed by atoms with Gasteiger partial charge in [-0.15, -0.1) is 6.58 Å². The first kappa shape index (κ1) is 24.9. The Bertz CT molecular complexity index is 1190. The fraction of sp³-hybridized carbons (Fsp3) is 0.423. The summed E-state index contributed by atoms with van der Waals surface area (Å²) >= 11 is 6.27. The Morgan fingerprint density at radius 3 is 2.85 bits per heavy atom. The zero-order chi connectivity index (χ0) is 23.2. The summed E-state index contributed by atoms with van der Waals surface area (Å²) in [6.07, 6.45) is 5.33. The van der Waals surface area contributed by atoms with Crippen LogP contribution in [0.25, 0.3) is 10.9 Å². The quantitative estimate of drug-likeness (QED) is 0.316. The van der Waals surface area contributed by atoms with Crippen LogP contribution in [0.15, 0.2) is 49.2 Å². The smallest absolute Gasteiger partial charge is 0.133 e. The lowest BCUT2D eigenvalue weighted by Crippen LogP contribution is -3.00. The van der Waals surface area contributed by atoms with Crippen LogP contribution in [0.4, 0.5) is 0 Å². The summed E-state index contributed by atoms with van der Waals surface area (Å²) in [5.74, 6) is 2.42. The summed E-state index contributed by atoms with van der Waals surface area (Å²) in [4.78, 5) is 13.4. The molecule has 0 saturated carbocycles. The Hall–Kier alpha value is -2.25. The first-order chi connectivity index (χ1) is 15.9. The first-order valence-corrected chi connectivity index (χ1v) is 11.9. The molecule has 0 aliphatic carbocycles. The van der Waals surface area contributed by atoms with Crippen LogP contribution in [0.2, 0.25) is 5.15 Å². The van der Waals surface area contributed by atoms with Crippen molar-refractivity contribution in [3.63, 3.8) is 0 Å². The van der Waals surface area contributed by atoms with E-state index in [1.807, 2.05) is 37.3 Å². The van der Waals surface area contributed by atoms with Crippen molar-refractivity contribution in [3.05, 3.63) is 71.4 Å². The predicted octanol–water partition coefficient (Wildman–Crippen LogP) is 1.64. The van der Waals surface area contributed by atoms with Crippen LogP contribution in [-0.4, -0.2) is 50.8 Å². The van der Waals surface area contributed by atoms with Gasteiger partial charge in [0, 0.05) is 36.4 Å². The van der Waals surface area contributed by atoms with Gasteiger partial charge in [0.15, 0.2) is 0 Å². The van der Waals surface area contributed by atoms with Crippen LogP contribution in [0.1, 0.15) is 36.0 Å². The zero-order valence-corrected chi connectivity index (χ0v) is 21.0. The number of aliphatic hydroxyl groups excluding tert-OH is 1. The van der Waals surface area contributed by atoms with Crippen molar-refractivity contribution in [1.29, 1.82) is 0 Å². The molecule has 3 aromatic rings. The molecular weight excluding hydrogens is 471 g/mol. The Morgan fingerprint density at radius 1 is 1.29 bits per heavy atom. The third-order valence-corrected chi connectivity index (χ3v) is 7.87. The monoisotopic (exact) mass is 500 g/mol. The van der Waals surface area contributed by atoms with E-state index in [9.17, 15) is 5.11 Å². The van der Waals surface area contributed by atoms with E-state index in [1.54, 1.807) is 13.3 Å². The number of halogens is 2. The fourth-order valence-corrected chi connectivity index (χ4v) is 6.36. The number of quaternary nitrogens is 1. The molecule has 2 aromatic heterocycles. The van der Waals surface area contributed by atoms with Gasteiger partial charge in [0.2, 0.25) is 0 Å². The average molecular weight is 501 g/mol. The minimum atomic E-state index is -0.630. The summed E-state index contributed by atoms with van der Waals surface area (Å²) in [6, 6.07) is 9.68. The normalized spacial score (nSPS) is 26.6. The van der Waals surface area contributed by atoms with Crippen molar-refractivity contribution in [3.8, 4) is 5.75 Å². The molecule has 0 radical (unpaired) electrons. The molecule has 3 aliphatic rings. The molecule has 180 valence electrons. The van der Waals surface area contributed by atoms with Gasteiger partial charge in [0.05, 0.1) is 31.4 Å². The highest BCUT2D eigenvalue weighted by molar-refractivity contribution is 6.29. The summed E-state index contributed by atoms with van der Waals surface area (Å²) in [5, 5.41) is 13.3. The lowest BCUT2D eigenvalue weighted by molar-refractivity contribution is -0.985. The molecule has 1 aromatic carbocycles. The number of aliphatic hydroxyl groups is 1. The van der Waals surface area contributed by atoms with Gasteiger partial charge >= 0.3 is 0 Å². The fourth-order valence-electron chi connectivity index (χ4n) is 6.11. The van der Waals surface area contributed by atoms with Gasteiger partial charge in [-0.1, -0.05) is 17.7 Å². The number of hydrogen-bond donors (Lipinski definition) is 1. The maximum atomic E-state index is 11.9. The van der Waals surface area contributed by atoms with Crippen LogP contribution in [-0.2, 0) is 6.54 Å². The molecule has 4 unspecified atom stereocenters. The molecule has 3 aliphatic heterocycles. The van der Waals surface area contributed by atoms with E-state index in [2.05, 4.69) is 27.6 Å². The molecule has 5 atom stereocenters. The molecular formula is C26H30Cl2N4O2. The second kappa shape index (κ2) is 9.78. The molecule has 5 heterocycles. The molecule has 3 fully saturated rings. The number of aromatic nitrogens is 3. The molecule has 6 rings (SSSR count). The zero-order valence-electron chi connectivity index (χ0n) is 19.5. The van der Waals surface area contributed by atoms with Crippen LogP contribution >= 0.6 is 11.6 Å². The maximum Gasteiger partial charge on any atom is 0.133 e. The Labute approximate surface area is 211 Å². The van der Waals surface area contributed by atoms with E-state index in [-0.39, 0.29) is 18.4 Å². The van der Waals surface area contributed by atoms with E-state index < -0.39 is 6.10 Å². The van der Waals surface area contributed by atoms with Crippen LogP contribution in [0, 0.1) is 18.8 Å². The number of ether oxygens (including phenoxy) is 1. The van der Waals surface area contributed by atoms with E-state index in [0.29, 0.717) is 29.4 Å². The number of fused-ring (bicyclic) bond motifs is 4. The lowest BCUT2D eigenvalue weighted by atomic mass is 9.71. The summed E-state index contributed by atoms with van der Waals surface area (Å²) in [7, 11) is 1.66. The van der Waals surface area contributed by atoms with Crippen molar-refractivity contribution in [2.24, 2.45) is 11.8 Å². The highest BCUT2D eigenvalue weighted by atomic mass is 35.5. The van der Waals surface area contributed by atoms with Gasteiger partial charge in [0.1, 0.15) is 35.4 Å². The molecule has 0 spiro atoms. The average Bonchev–Trinajstić information content (AvgIpc) is 2.82. The number of pyridine rings is 1. The number of aryl methyl sites for hydroxylation is 1. The third-order valence-electron chi connectivity index (χ3n) is 7.68. The molecule has 3 saturated heterocycles. The van der Waals surface area contributed by atoms with Gasteiger partial charge in [-0.3, -0.25) is 4.98 Å². The largest absolute Gasteiger partial charge is 1.00 e. The van der Waals surface area contributed by atoms with E-state index >= 15 is 0 Å². The van der Waals surface area contributed by atoms with Gasteiger partial charge in [-0.25, -0.2) is 9.97 Å². The van der Waals surface area contributed by atoms with E-state index in [0.717, 1.165) is 58.3 Å². The Kier molecular flexibility index (Phi) is 7.15. The first-order valence-electron chi connectivity index (χ1n) is 11.5. The van der Waals surface area contributed by atoms with Gasteiger partial charge in [-0.05, 0) is 42.7 Å². The van der Waals surface area contributed by atoms with Crippen molar-refractivity contribution in [2.75, 3.05) is 20.2 Å². The summed E-state index contributed by atoms with van der Waals surface area (Å²) in [5.41, 5.74) is 2.69. The Balaban J connectivity index is 0.00000274. The molecule has 2 bridgehead atoms. The summed E-state index contributed by atoms with van der Waals surface area (Å²) in [6.45, 7) is 8.65. The SMILES string of the molecule is C=CC1C[N+]2(Cc3cc(Cl)nc(C)n3)CCC1CC2[C@H](O)c1ccnc2ccc(OC)cc12.[Cl-]. The second-order valence-electron chi connectivity index (χ2n) is 9.49. The molecule has 8 heteroatoms.